The first-order valence-corrected chi connectivity index (χ1v) is 7.29. The van der Waals surface area contributed by atoms with Gasteiger partial charge in [0.15, 0.2) is 0 Å². The van der Waals surface area contributed by atoms with Crippen molar-refractivity contribution in [3.63, 3.8) is 0 Å². The maximum atomic E-state index is 11.0. The molecule has 2 heteroatoms. The van der Waals surface area contributed by atoms with Crippen molar-refractivity contribution in [3.05, 3.63) is 23.8 Å². The fourth-order valence-electron chi connectivity index (χ4n) is 4.14. The van der Waals surface area contributed by atoms with Crippen molar-refractivity contribution in [1.29, 1.82) is 0 Å². The SMILES string of the molecule is C=C1C(COC(C)=O)=CCC2C(C)(C)CCC[C@]12C. The number of rotatable bonds is 2. The third-order valence-corrected chi connectivity index (χ3v) is 5.34. The van der Waals surface area contributed by atoms with Gasteiger partial charge in [-0.25, -0.2) is 0 Å². The quantitative estimate of drug-likeness (QED) is 0.695. The molecule has 0 aromatic carbocycles. The van der Waals surface area contributed by atoms with Crippen LogP contribution in [0.5, 0.6) is 0 Å². The molecule has 2 aliphatic carbocycles. The normalized spacial score (nSPS) is 33.4. The molecule has 2 rings (SSSR count). The van der Waals surface area contributed by atoms with Crippen LogP contribution in [0.15, 0.2) is 23.8 Å². The molecular weight excluding hydrogens is 236 g/mol. The van der Waals surface area contributed by atoms with Crippen LogP contribution < -0.4 is 0 Å². The second-order valence-corrected chi connectivity index (χ2v) is 7.04. The van der Waals surface area contributed by atoms with Crippen LogP contribution in [-0.2, 0) is 9.53 Å². The second kappa shape index (κ2) is 4.81. The maximum absolute atomic E-state index is 11.0. The van der Waals surface area contributed by atoms with Gasteiger partial charge in [0, 0.05) is 6.92 Å². The molecule has 1 unspecified atom stereocenters. The Kier molecular flexibility index (Phi) is 3.63. The average Bonchev–Trinajstić information content (AvgIpc) is 2.29. The molecule has 106 valence electrons. The maximum Gasteiger partial charge on any atom is 0.302 e. The lowest BCUT2D eigenvalue weighted by atomic mass is 9.51. The molecule has 2 aliphatic rings. The van der Waals surface area contributed by atoms with E-state index in [4.69, 9.17) is 4.74 Å². The zero-order valence-electron chi connectivity index (χ0n) is 12.7. The highest BCUT2D eigenvalue weighted by atomic mass is 16.5. The lowest BCUT2D eigenvalue weighted by Gasteiger charge is -2.54. The molecule has 0 saturated heterocycles. The van der Waals surface area contributed by atoms with Crippen LogP contribution in [0, 0.1) is 16.7 Å². The summed E-state index contributed by atoms with van der Waals surface area (Å²) in [4.78, 5) is 11.0. The topological polar surface area (TPSA) is 26.3 Å². The second-order valence-electron chi connectivity index (χ2n) is 7.04. The number of hydrogen-bond acceptors (Lipinski definition) is 2. The van der Waals surface area contributed by atoms with Gasteiger partial charge in [-0.1, -0.05) is 39.8 Å². The molecule has 0 N–H and O–H groups in total. The van der Waals surface area contributed by atoms with Crippen molar-refractivity contribution in [3.8, 4) is 0 Å². The molecule has 2 atom stereocenters. The molecule has 0 heterocycles. The molecule has 0 aromatic rings. The lowest BCUT2D eigenvalue weighted by Crippen LogP contribution is -2.45. The Balaban J connectivity index is 2.24. The van der Waals surface area contributed by atoms with E-state index in [0.717, 1.165) is 12.0 Å². The molecule has 0 radical (unpaired) electrons. The fourth-order valence-corrected chi connectivity index (χ4v) is 4.14. The third kappa shape index (κ3) is 2.50. The fraction of sp³-hybridized carbons (Fsp3) is 0.706. The van der Waals surface area contributed by atoms with E-state index >= 15 is 0 Å². The van der Waals surface area contributed by atoms with E-state index < -0.39 is 0 Å². The van der Waals surface area contributed by atoms with E-state index in [1.54, 1.807) is 0 Å². The third-order valence-electron chi connectivity index (χ3n) is 5.34. The Hall–Kier alpha value is -1.05. The van der Waals surface area contributed by atoms with Gasteiger partial charge in [0.2, 0.25) is 0 Å². The average molecular weight is 262 g/mol. The summed E-state index contributed by atoms with van der Waals surface area (Å²) >= 11 is 0. The highest BCUT2D eigenvalue weighted by molar-refractivity contribution is 5.66. The summed E-state index contributed by atoms with van der Waals surface area (Å²) in [6.07, 6.45) is 7.09. The van der Waals surface area contributed by atoms with Gasteiger partial charge >= 0.3 is 5.97 Å². The predicted molar refractivity (Wildman–Crippen MR) is 77.7 cm³/mol. The first-order chi connectivity index (χ1) is 8.77. The number of carbonyl (C=O) groups is 1. The Morgan fingerprint density at radius 2 is 2.11 bits per heavy atom. The first kappa shape index (κ1) is 14.4. The molecule has 1 fully saturated rings. The number of allylic oxidation sites excluding steroid dienone is 1. The van der Waals surface area contributed by atoms with Gasteiger partial charge in [-0.2, -0.15) is 0 Å². The highest BCUT2D eigenvalue weighted by Gasteiger charge is 2.49. The molecule has 19 heavy (non-hydrogen) atoms. The molecule has 0 amide bonds. The van der Waals surface area contributed by atoms with Crippen molar-refractivity contribution < 1.29 is 9.53 Å². The number of fused-ring (bicyclic) bond motifs is 1. The van der Waals surface area contributed by atoms with Gasteiger partial charge < -0.3 is 4.74 Å². The monoisotopic (exact) mass is 262 g/mol. The van der Waals surface area contributed by atoms with Gasteiger partial charge in [0.1, 0.15) is 6.61 Å². The van der Waals surface area contributed by atoms with E-state index in [-0.39, 0.29) is 11.4 Å². The van der Waals surface area contributed by atoms with Crippen LogP contribution in [0.25, 0.3) is 0 Å². The van der Waals surface area contributed by atoms with Gasteiger partial charge in [0.25, 0.3) is 0 Å². The highest BCUT2D eigenvalue weighted by Crippen LogP contribution is 2.58. The molecule has 0 spiro atoms. The minimum absolute atomic E-state index is 0.173. The number of carbonyl (C=O) groups excluding carboxylic acids is 1. The summed E-state index contributed by atoms with van der Waals surface area (Å²) < 4.78 is 5.16. The molecule has 0 aliphatic heterocycles. The summed E-state index contributed by atoms with van der Waals surface area (Å²) in [7, 11) is 0. The van der Waals surface area contributed by atoms with E-state index in [1.165, 1.54) is 31.8 Å². The van der Waals surface area contributed by atoms with Gasteiger partial charge in [-0.15, -0.1) is 0 Å². The van der Waals surface area contributed by atoms with Crippen LogP contribution in [0.3, 0.4) is 0 Å². The summed E-state index contributed by atoms with van der Waals surface area (Å²) in [6.45, 7) is 13.3. The standard InChI is InChI=1S/C17H26O2/c1-12-14(11-19-13(2)18)7-8-15-16(3,4)9-6-10-17(12,15)5/h7,15H,1,6,8-11H2,2-5H3/t15?,17-/m1/s1. The van der Waals surface area contributed by atoms with Crippen molar-refractivity contribution >= 4 is 5.97 Å². The summed E-state index contributed by atoms with van der Waals surface area (Å²) in [5.74, 6) is 0.437. The van der Waals surface area contributed by atoms with Crippen molar-refractivity contribution in [1.82, 2.24) is 0 Å². The van der Waals surface area contributed by atoms with E-state index in [1.807, 2.05) is 0 Å². The van der Waals surface area contributed by atoms with Gasteiger partial charge in [0.05, 0.1) is 0 Å². The number of esters is 1. The Labute approximate surface area is 116 Å². The van der Waals surface area contributed by atoms with E-state index in [9.17, 15) is 4.79 Å². The Morgan fingerprint density at radius 1 is 1.42 bits per heavy atom. The van der Waals surface area contributed by atoms with Gasteiger partial charge in [-0.05, 0) is 47.2 Å². The minimum Gasteiger partial charge on any atom is -0.461 e. The number of hydrogen-bond donors (Lipinski definition) is 0. The van der Waals surface area contributed by atoms with E-state index in [0.29, 0.717) is 17.9 Å². The van der Waals surface area contributed by atoms with Crippen LogP contribution in [-0.4, -0.2) is 12.6 Å². The number of ether oxygens (including phenoxy) is 1. The van der Waals surface area contributed by atoms with Gasteiger partial charge in [-0.3, -0.25) is 4.79 Å². The lowest BCUT2D eigenvalue weighted by molar-refractivity contribution is -0.140. The largest absolute Gasteiger partial charge is 0.461 e. The minimum atomic E-state index is -0.218. The zero-order chi connectivity index (χ0) is 14.3. The molecule has 1 saturated carbocycles. The molecule has 0 bridgehead atoms. The smallest absolute Gasteiger partial charge is 0.302 e. The summed E-state index contributed by atoms with van der Waals surface area (Å²) in [6, 6.07) is 0. The van der Waals surface area contributed by atoms with Crippen LogP contribution in [0.1, 0.15) is 53.4 Å². The van der Waals surface area contributed by atoms with Crippen molar-refractivity contribution in [2.75, 3.05) is 6.61 Å². The molecule has 0 aromatic heterocycles. The zero-order valence-corrected chi connectivity index (χ0v) is 12.7. The Morgan fingerprint density at radius 3 is 2.74 bits per heavy atom. The van der Waals surface area contributed by atoms with Crippen LogP contribution in [0.2, 0.25) is 0 Å². The Bertz CT molecular complexity index is 431. The van der Waals surface area contributed by atoms with Crippen LogP contribution >= 0.6 is 0 Å². The van der Waals surface area contributed by atoms with Crippen molar-refractivity contribution in [2.45, 2.75) is 53.4 Å². The first-order valence-electron chi connectivity index (χ1n) is 7.29. The summed E-state index contributed by atoms with van der Waals surface area (Å²) in [5.41, 5.74) is 2.87. The predicted octanol–water partition coefficient (Wildman–Crippen LogP) is 4.27. The van der Waals surface area contributed by atoms with Crippen LogP contribution in [0.4, 0.5) is 0 Å². The van der Waals surface area contributed by atoms with Crippen molar-refractivity contribution in [2.24, 2.45) is 16.7 Å². The molecular formula is C17H26O2. The van der Waals surface area contributed by atoms with E-state index in [2.05, 4.69) is 33.4 Å². The molecule has 2 nitrogen and oxygen atoms in total. The summed E-state index contributed by atoms with van der Waals surface area (Å²) in [5, 5.41) is 0.